The van der Waals surface area contributed by atoms with Gasteiger partial charge in [-0.25, -0.2) is 0 Å². The van der Waals surface area contributed by atoms with E-state index in [1.54, 1.807) is 19.3 Å². The van der Waals surface area contributed by atoms with Gasteiger partial charge in [-0.3, -0.25) is 14.5 Å². The molecule has 1 aliphatic heterocycles. The Labute approximate surface area is 141 Å². The van der Waals surface area contributed by atoms with Crippen molar-refractivity contribution in [2.75, 3.05) is 14.2 Å². The van der Waals surface area contributed by atoms with E-state index < -0.39 is 0 Å². The van der Waals surface area contributed by atoms with Gasteiger partial charge in [0.1, 0.15) is 0 Å². The van der Waals surface area contributed by atoms with Crippen LogP contribution in [0.15, 0.2) is 21.5 Å². The van der Waals surface area contributed by atoms with Crippen LogP contribution in [0.25, 0.3) is 6.08 Å². The molecule has 0 saturated carbocycles. The number of halogens is 1. The molecule has 0 radical (unpaired) electrons. The number of hydrogen-bond acceptors (Lipinski definition) is 5. The zero-order valence-corrected chi connectivity index (χ0v) is 15.1. The Kier molecular flexibility index (Phi) is 5.18. The van der Waals surface area contributed by atoms with E-state index in [1.807, 2.05) is 19.9 Å². The minimum Gasteiger partial charge on any atom is -0.493 e. The Balaban J connectivity index is 2.48. The van der Waals surface area contributed by atoms with Gasteiger partial charge in [-0.15, -0.1) is 0 Å². The molecule has 5 nitrogen and oxygen atoms in total. The second kappa shape index (κ2) is 6.75. The topological polar surface area (TPSA) is 55.8 Å². The van der Waals surface area contributed by atoms with Crippen molar-refractivity contribution in [3.63, 3.8) is 0 Å². The lowest BCUT2D eigenvalue weighted by molar-refractivity contribution is -0.123. The molecule has 2 rings (SSSR count). The molecule has 1 saturated heterocycles. The van der Waals surface area contributed by atoms with E-state index in [1.165, 1.54) is 12.0 Å². The summed E-state index contributed by atoms with van der Waals surface area (Å²) in [6.45, 7) is 3.62. The van der Waals surface area contributed by atoms with Gasteiger partial charge < -0.3 is 9.47 Å². The van der Waals surface area contributed by atoms with Gasteiger partial charge in [0, 0.05) is 16.1 Å². The molecule has 0 spiro atoms. The van der Waals surface area contributed by atoms with Crippen LogP contribution in [-0.2, 0) is 4.79 Å². The van der Waals surface area contributed by atoms with Crippen molar-refractivity contribution >= 4 is 44.9 Å². The van der Waals surface area contributed by atoms with Gasteiger partial charge in [-0.2, -0.15) is 0 Å². The highest BCUT2D eigenvalue weighted by atomic mass is 79.9. The standard InChI is InChI=1S/C15H16BrNO4S/c1-8(2)17-14(18)12(22-15(17)19)6-9-5-10(16)7-11(20-3)13(9)21-4/h5-8H,1-4H3/b12-6+. The second-order valence-electron chi connectivity index (χ2n) is 4.88. The van der Waals surface area contributed by atoms with E-state index in [-0.39, 0.29) is 17.2 Å². The van der Waals surface area contributed by atoms with Crippen LogP contribution in [0.2, 0.25) is 0 Å². The minimum atomic E-state index is -0.286. The molecule has 0 N–H and O–H groups in total. The summed E-state index contributed by atoms with van der Waals surface area (Å²) < 4.78 is 11.4. The maximum absolute atomic E-state index is 12.3. The van der Waals surface area contributed by atoms with Crippen molar-refractivity contribution in [2.45, 2.75) is 19.9 Å². The Morgan fingerprint density at radius 2 is 1.91 bits per heavy atom. The number of ether oxygens (including phenoxy) is 2. The van der Waals surface area contributed by atoms with Crippen LogP contribution in [0.3, 0.4) is 0 Å². The Morgan fingerprint density at radius 3 is 2.41 bits per heavy atom. The first-order valence-electron chi connectivity index (χ1n) is 6.57. The van der Waals surface area contributed by atoms with E-state index in [2.05, 4.69) is 15.9 Å². The highest BCUT2D eigenvalue weighted by Gasteiger charge is 2.36. The number of carbonyl (C=O) groups excluding carboxylic acids is 2. The average molecular weight is 386 g/mol. The van der Waals surface area contributed by atoms with Gasteiger partial charge in [0.05, 0.1) is 19.1 Å². The quantitative estimate of drug-likeness (QED) is 0.735. The van der Waals surface area contributed by atoms with Gasteiger partial charge in [0.25, 0.3) is 11.1 Å². The van der Waals surface area contributed by atoms with Gasteiger partial charge in [0.2, 0.25) is 0 Å². The molecule has 1 aromatic rings. The third kappa shape index (κ3) is 3.15. The molecule has 7 heteroatoms. The monoisotopic (exact) mass is 385 g/mol. The molecule has 0 bridgehead atoms. The van der Waals surface area contributed by atoms with Crippen molar-refractivity contribution in [1.82, 2.24) is 4.90 Å². The lowest BCUT2D eigenvalue weighted by Gasteiger charge is -2.16. The highest BCUT2D eigenvalue weighted by Crippen LogP contribution is 2.39. The fourth-order valence-corrected chi connectivity index (χ4v) is 3.54. The number of imide groups is 1. The molecule has 0 aromatic heterocycles. The first-order chi connectivity index (χ1) is 10.4. The van der Waals surface area contributed by atoms with Gasteiger partial charge >= 0.3 is 0 Å². The second-order valence-corrected chi connectivity index (χ2v) is 6.78. The van der Waals surface area contributed by atoms with Crippen molar-refractivity contribution < 1.29 is 19.1 Å². The Morgan fingerprint density at radius 1 is 1.23 bits per heavy atom. The summed E-state index contributed by atoms with van der Waals surface area (Å²) in [4.78, 5) is 25.9. The highest BCUT2D eigenvalue weighted by molar-refractivity contribution is 9.10. The van der Waals surface area contributed by atoms with E-state index >= 15 is 0 Å². The van der Waals surface area contributed by atoms with Gasteiger partial charge in [-0.1, -0.05) is 15.9 Å². The molecule has 0 aliphatic carbocycles. The molecular weight excluding hydrogens is 370 g/mol. The smallest absolute Gasteiger partial charge is 0.293 e. The first-order valence-corrected chi connectivity index (χ1v) is 8.18. The summed E-state index contributed by atoms with van der Waals surface area (Å²) in [5, 5.41) is -0.257. The summed E-state index contributed by atoms with van der Waals surface area (Å²) in [7, 11) is 3.07. The number of amides is 2. The molecule has 0 unspecified atom stereocenters. The van der Waals surface area contributed by atoms with E-state index in [9.17, 15) is 9.59 Å². The summed E-state index contributed by atoms with van der Waals surface area (Å²) in [6.07, 6.45) is 1.65. The lowest BCUT2D eigenvalue weighted by Crippen LogP contribution is -2.34. The van der Waals surface area contributed by atoms with Crippen LogP contribution >= 0.6 is 27.7 Å². The van der Waals surface area contributed by atoms with Crippen LogP contribution in [0.1, 0.15) is 19.4 Å². The maximum atomic E-state index is 12.3. The molecule has 118 valence electrons. The summed E-state index contributed by atoms with van der Waals surface area (Å²) >= 11 is 4.33. The van der Waals surface area contributed by atoms with Crippen LogP contribution < -0.4 is 9.47 Å². The fourth-order valence-electron chi connectivity index (χ4n) is 2.13. The largest absolute Gasteiger partial charge is 0.493 e. The van der Waals surface area contributed by atoms with Crippen LogP contribution in [0, 0.1) is 0 Å². The molecule has 0 atom stereocenters. The minimum absolute atomic E-state index is 0.169. The molecular formula is C15H16BrNO4S. The Hall–Kier alpha value is -1.47. The van der Waals surface area contributed by atoms with Gasteiger partial charge in [0.15, 0.2) is 11.5 Å². The van der Waals surface area contributed by atoms with Crippen molar-refractivity contribution in [1.29, 1.82) is 0 Å². The molecule has 2 amide bonds. The lowest BCUT2D eigenvalue weighted by atomic mass is 10.1. The predicted octanol–water partition coefficient (Wildman–Crippen LogP) is 3.91. The number of hydrogen-bond donors (Lipinski definition) is 0. The molecule has 1 aliphatic rings. The maximum Gasteiger partial charge on any atom is 0.293 e. The van der Waals surface area contributed by atoms with Crippen LogP contribution in [0.4, 0.5) is 4.79 Å². The number of thioether (sulfide) groups is 1. The van der Waals surface area contributed by atoms with E-state index in [0.29, 0.717) is 22.0 Å². The molecule has 1 heterocycles. The third-order valence-electron chi connectivity index (χ3n) is 3.10. The summed E-state index contributed by atoms with van der Waals surface area (Å²) in [5.74, 6) is 0.777. The van der Waals surface area contributed by atoms with Crippen molar-refractivity contribution in [3.8, 4) is 11.5 Å². The van der Waals surface area contributed by atoms with E-state index in [0.717, 1.165) is 16.2 Å². The zero-order chi connectivity index (χ0) is 16.4. The molecule has 1 aromatic carbocycles. The summed E-state index contributed by atoms with van der Waals surface area (Å²) in [5.41, 5.74) is 0.669. The van der Waals surface area contributed by atoms with Crippen LogP contribution in [0.5, 0.6) is 11.5 Å². The summed E-state index contributed by atoms with van der Waals surface area (Å²) in [6, 6.07) is 3.41. The first kappa shape index (κ1) is 16.9. The fraction of sp³-hybridized carbons (Fsp3) is 0.333. The van der Waals surface area contributed by atoms with E-state index in [4.69, 9.17) is 9.47 Å². The number of benzene rings is 1. The predicted molar refractivity (Wildman–Crippen MR) is 90.2 cm³/mol. The third-order valence-corrected chi connectivity index (χ3v) is 4.44. The SMILES string of the molecule is COc1cc(Br)cc(/C=C2/SC(=O)N(C(C)C)C2=O)c1OC. The molecule has 1 fully saturated rings. The number of methoxy groups -OCH3 is 2. The number of rotatable bonds is 4. The zero-order valence-electron chi connectivity index (χ0n) is 12.7. The number of carbonyl (C=O) groups is 2. The van der Waals surface area contributed by atoms with Crippen LogP contribution in [-0.4, -0.2) is 36.3 Å². The molecule has 22 heavy (non-hydrogen) atoms. The van der Waals surface area contributed by atoms with Crippen molar-refractivity contribution in [3.05, 3.63) is 27.1 Å². The van der Waals surface area contributed by atoms with Crippen molar-refractivity contribution in [2.24, 2.45) is 0 Å². The normalized spacial score (nSPS) is 16.8. The van der Waals surface area contributed by atoms with Gasteiger partial charge in [-0.05, 0) is 43.8 Å². The number of nitrogens with zero attached hydrogens (tertiary/aromatic N) is 1. The Bertz CT molecular complexity index is 657. The average Bonchev–Trinajstić information content (AvgIpc) is 2.72.